The minimum atomic E-state index is -0.934. The van der Waals surface area contributed by atoms with Crippen LogP contribution in [0.3, 0.4) is 0 Å². The third-order valence-corrected chi connectivity index (χ3v) is 3.78. The number of hydrogen-bond acceptors (Lipinski definition) is 2. The quantitative estimate of drug-likeness (QED) is 0.771. The SMILES string of the molecule is CSCC1=CCC(C(=O)C2=CCC(F)C=C2)C=C1. The lowest BCUT2D eigenvalue weighted by molar-refractivity contribution is -0.117. The number of carbonyl (C=O) groups is 1. The molecule has 0 aliphatic heterocycles. The van der Waals surface area contributed by atoms with Gasteiger partial charge in [0.25, 0.3) is 0 Å². The van der Waals surface area contributed by atoms with Gasteiger partial charge in [0.1, 0.15) is 6.17 Å². The van der Waals surface area contributed by atoms with Crippen LogP contribution in [-0.2, 0) is 4.79 Å². The van der Waals surface area contributed by atoms with Crippen molar-refractivity contribution in [1.82, 2.24) is 0 Å². The highest BCUT2D eigenvalue weighted by molar-refractivity contribution is 7.98. The Hall–Kier alpha value is -1.09. The van der Waals surface area contributed by atoms with E-state index in [-0.39, 0.29) is 11.7 Å². The minimum absolute atomic E-state index is 0.0809. The molecule has 0 saturated heterocycles. The summed E-state index contributed by atoms with van der Waals surface area (Å²) in [5.41, 5.74) is 1.93. The molecule has 2 unspecified atom stereocenters. The maximum Gasteiger partial charge on any atom is 0.169 e. The number of carbonyl (C=O) groups excluding carboxylic acids is 1. The van der Waals surface area contributed by atoms with E-state index < -0.39 is 6.17 Å². The molecule has 0 N–H and O–H groups in total. The summed E-state index contributed by atoms with van der Waals surface area (Å²) in [6.45, 7) is 0. The standard InChI is InChI=1S/C15H17FOS/c1-18-10-11-2-4-12(5-3-11)15(17)13-6-8-14(16)9-7-13/h2-4,6-8,12,14H,5,9-10H2,1H3. The van der Waals surface area contributed by atoms with Gasteiger partial charge in [-0.1, -0.05) is 30.4 Å². The average molecular weight is 264 g/mol. The summed E-state index contributed by atoms with van der Waals surface area (Å²) >= 11 is 1.78. The second-order valence-electron chi connectivity index (χ2n) is 4.55. The molecular formula is C15H17FOS. The summed E-state index contributed by atoms with van der Waals surface area (Å²) < 4.78 is 12.9. The second-order valence-corrected chi connectivity index (χ2v) is 5.41. The maximum atomic E-state index is 12.9. The van der Waals surface area contributed by atoms with Gasteiger partial charge in [0.15, 0.2) is 5.78 Å². The average Bonchev–Trinajstić information content (AvgIpc) is 2.40. The van der Waals surface area contributed by atoms with Crippen molar-refractivity contribution in [2.75, 3.05) is 12.0 Å². The highest BCUT2D eigenvalue weighted by Crippen LogP contribution is 2.24. The molecule has 96 valence electrons. The number of hydrogen-bond donors (Lipinski definition) is 0. The molecule has 2 aliphatic rings. The van der Waals surface area contributed by atoms with Gasteiger partial charge >= 0.3 is 0 Å². The summed E-state index contributed by atoms with van der Waals surface area (Å²) in [6.07, 6.45) is 13.1. The first-order chi connectivity index (χ1) is 8.70. The van der Waals surface area contributed by atoms with Crippen molar-refractivity contribution in [1.29, 1.82) is 0 Å². The van der Waals surface area contributed by atoms with E-state index in [2.05, 4.69) is 12.3 Å². The van der Waals surface area contributed by atoms with Gasteiger partial charge in [-0.2, -0.15) is 11.8 Å². The summed E-state index contributed by atoms with van der Waals surface area (Å²) in [5.74, 6) is 1.01. The number of thioether (sulfide) groups is 1. The highest BCUT2D eigenvalue weighted by atomic mass is 32.2. The number of halogens is 1. The minimum Gasteiger partial charge on any atom is -0.294 e. The lowest BCUT2D eigenvalue weighted by Gasteiger charge is -2.17. The highest BCUT2D eigenvalue weighted by Gasteiger charge is 2.21. The number of rotatable bonds is 4. The molecule has 0 radical (unpaired) electrons. The Morgan fingerprint density at radius 3 is 2.72 bits per heavy atom. The predicted octanol–water partition coefficient (Wildman–Crippen LogP) is 3.65. The number of allylic oxidation sites excluding steroid dienone is 7. The fourth-order valence-electron chi connectivity index (χ4n) is 2.12. The van der Waals surface area contributed by atoms with Crippen LogP contribution in [0.2, 0.25) is 0 Å². The van der Waals surface area contributed by atoms with E-state index in [0.29, 0.717) is 12.0 Å². The molecule has 0 fully saturated rings. The molecule has 0 amide bonds. The Bertz CT molecular complexity index is 445. The van der Waals surface area contributed by atoms with Gasteiger partial charge in [0.05, 0.1) is 0 Å². The van der Waals surface area contributed by atoms with Crippen LogP contribution in [0.15, 0.2) is 47.6 Å². The van der Waals surface area contributed by atoms with Crippen LogP contribution in [0.1, 0.15) is 12.8 Å². The zero-order valence-electron chi connectivity index (χ0n) is 10.4. The summed E-state index contributed by atoms with van der Waals surface area (Å²) in [6, 6.07) is 0. The number of ketones is 1. The third-order valence-electron chi connectivity index (χ3n) is 3.16. The largest absolute Gasteiger partial charge is 0.294 e. The lowest BCUT2D eigenvalue weighted by atomic mass is 9.88. The molecule has 0 aromatic rings. The molecule has 3 heteroatoms. The summed E-state index contributed by atoms with van der Waals surface area (Å²) in [5, 5.41) is 0. The Morgan fingerprint density at radius 2 is 2.17 bits per heavy atom. The van der Waals surface area contributed by atoms with E-state index in [1.54, 1.807) is 23.9 Å². The fraction of sp³-hybridized carbons (Fsp3) is 0.400. The second kappa shape index (κ2) is 6.19. The smallest absolute Gasteiger partial charge is 0.169 e. The van der Waals surface area contributed by atoms with Crippen molar-refractivity contribution in [3.8, 4) is 0 Å². The third kappa shape index (κ3) is 3.22. The predicted molar refractivity (Wildman–Crippen MR) is 75.5 cm³/mol. The first-order valence-corrected chi connectivity index (χ1v) is 7.53. The molecule has 0 aromatic carbocycles. The monoisotopic (exact) mass is 264 g/mol. The van der Waals surface area contributed by atoms with Crippen LogP contribution in [-0.4, -0.2) is 24.0 Å². The van der Waals surface area contributed by atoms with E-state index in [1.807, 2.05) is 12.2 Å². The van der Waals surface area contributed by atoms with Crippen molar-refractivity contribution in [3.63, 3.8) is 0 Å². The van der Waals surface area contributed by atoms with Crippen LogP contribution in [0.4, 0.5) is 4.39 Å². The van der Waals surface area contributed by atoms with Crippen LogP contribution in [0.25, 0.3) is 0 Å². The Balaban J connectivity index is 1.97. The number of Topliss-reactive ketones (excluding diaryl/α,β-unsaturated/α-hetero) is 1. The molecule has 0 aromatic heterocycles. The molecule has 1 nitrogen and oxygen atoms in total. The van der Waals surface area contributed by atoms with Gasteiger partial charge in [-0.15, -0.1) is 0 Å². The van der Waals surface area contributed by atoms with Gasteiger partial charge in [-0.25, -0.2) is 4.39 Å². The van der Waals surface area contributed by atoms with Crippen molar-refractivity contribution in [2.24, 2.45) is 5.92 Å². The van der Waals surface area contributed by atoms with E-state index in [4.69, 9.17) is 0 Å². The zero-order valence-corrected chi connectivity index (χ0v) is 11.3. The van der Waals surface area contributed by atoms with Crippen LogP contribution >= 0.6 is 11.8 Å². The molecule has 2 aliphatic carbocycles. The van der Waals surface area contributed by atoms with Gasteiger partial charge in [-0.3, -0.25) is 4.79 Å². The molecule has 0 spiro atoms. The van der Waals surface area contributed by atoms with Crippen molar-refractivity contribution in [3.05, 3.63) is 47.6 Å². The van der Waals surface area contributed by atoms with E-state index in [1.165, 1.54) is 11.6 Å². The van der Waals surface area contributed by atoms with Gasteiger partial charge in [0, 0.05) is 23.7 Å². The topological polar surface area (TPSA) is 17.1 Å². The molecule has 0 heterocycles. The zero-order chi connectivity index (χ0) is 13.0. The Labute approximate surface area is 112 Å². The summed E-state index contributed by atoms with van der Waals surface area (Å²) in [4.78, 5) is 12.2. The molecule has 2 rings (SSSR count). The molecule has 0 saturated carbocycles. The van der Waals surface area contributed by atoms with Crippen LogP contribution in [0.5, 0.6) is 0 Å². The fourth-order valence-corrected chi connectivity index (χ4v) is 2.67. The van der Waals surface area contributed by atoms with E-state index in [9.17, 15) is 9.18 Å². The summed E-state index contributed by atoms with van der Waals surface area (Å²) in [7, 11) is 0. The normalized spacial score (nSPS) is 26.8. The molecular weight excluding hydrogens is 247 g/mol. The van der Waals surface area contributed by atoms with Crippen molar-refractivity contribution >= 4 is 17.5 Å². The van der Waals surface area contributed by atoms with E-state index >= 15 is 0 Å². The molecule has 0 bridgehead atoms. The van der Waals surface area contributed by atoms with Gasteiger partial charge < -0.3 is 0 Å². The lowest BCUT2D eigenvalue weighted by Crippen LogP contribution is -2.17. The van der Waals surface area contributed by atoms with Crippen molar-refractivity contribution < 1.29 is 9.18 Å². The maximum absolute atomic E-state index is 12.9. The van der Waals surface area contributed by atoms with Gasteiger partial charge in [-0.05, 0) is 24.3 Å². The van der Waals surface area contributed by atoms with Gasteiger partial charge in [0.2, 0.25) is 0 Å². The first kappa shape index (κ1) is 13.3. The molecule has 18 heavy (non-hydrogen) atoms. The number of alkyl halides is 1. The Morgan fingerprint density at radius 1 is 1.33 bits per heavy atom. The van der Waals surface area contributed by atoms with Crippen LogP contribution in [0, 0.1) is 5.92 Å². The van der Waals surface area contributed by atoms with Crippen LogP contribution < -0.4 is 0 Å². The van der Waals surface area contributed by atoms with Crippen molar-refractivity contribution in [2.45, 2.75) is 19.0 Å². The van der Waals surface area contributed by atoms with E-state index in [0.717, 1.165) is 12.2 Å². The first-order valence-electron chi connectivity index (χ1n) is 6.13. The molecule has 2 atom stereocenters. The Kier molecular flexibility index (Phi) is 4.59.